The molecule has 0 fully saturated rings. The standard InChI is InChI=1S/C17H14ClFN4OS/c1-9-2-4-10(5-3-9)21-16(24)14-15(20)23-17(25-14)22-11-6-7-13(19)12(18)8-11/h2-8H,20H2,1H3,(H,21,24)(H,22,23). The number of halogens is 2. The number of anilines is 4. The van der Waals surface area contributed by atoms with Gasteiger partial charge in [0.2, 0.25) is 0 Å². The third kappa shape index (κ3) is 4.07. The van der Waals surface area contributed by atoms with E-state index in [1.807, 2.05) is 31.2 Å². The number of hydrogen-bond donors (Lipinski definition) is 3. The molecule has 0 aliphatic carbocycles. The Morgan fingerprint density at radius 2 is 1.88 bits per heavy atom. The van der Waals surface area contributed by atoms with Crippen LogP contribution in [0.3, 0.4) is 0 Å². The number of benzene rings is 2. The Labute approximate surface area is 152 Å². The number of nitrogens with zero attached hydrogens (tertiary/aromatic N) is 1. The topological polar surface area (TPSA) is 80.0 Å². The first-order valence-electron chi connectivity index (χ1n) is 7.29. The van der Waals surface area contributed by atoms with E-state index < -0.39 is 5.82 Å². The number of carbonyl (C=O) groups is 1. The van der Waals surface area contributed by atoms with Gasteiger partial charge in [-0.05, 0) is 37.3 Å². The van der Waals surface area contributed by atoms with Gasteiger partial charge in [0, 0.05) is 11.4 Å². The number of nitrogens with one attached hydrogen (secondary N) is 2. The largest absolute Gasteiger partial charge is 0.382 e. The number of amides is 1. The summed E-state index contributed by atoms with van der Waals surface area (Å²) in [5.41, 5.74) is 8.15. The number of hydrogen-bond acceptors (Lipinski definition) is 5. The van der Waals surface area contributed by atoms with Crippen molar-refractivity contribution >= 4 is 51.2 Å². The van der Waals surface area contributed by atoms with Crippen molar-refractivity contribution in [3.63, 3.8) is 0 Å². The van der Waals surface area contributed by atoms with Gasteiger partial charge >= 0.3 is 0 Å². The highest BCUT2D eigenvalue weighted by molar-refractivity contribution is 7.18. The van der Waals surface area contributed by atoms with Gasteiger partial charge in [0.25, 0.3) is 5.91 Å². The lowest BCUT2D eigenvalue weighted by Crippen LogP contribution is -2.12. The molecule has 0 unspecified atom stereocenters. The van der Waals surface area contributed by atoms with E-state index >= 15 is 0 Å². The Morgan fingerprint density at radius 1 is 1.20 bits per heavy atom. The minimum absolute atomic E-state index is 0.00753. The molecule has 5 nitrogen and oxygen atoms in total. The summed E-state index contributed by atoms with van der Waals surface area (Å²) in [5, 5.41) is 6.13. The van der Waals surface area contributed by atoms with Crippen LogP contribution in [0.2, 0.25) is 5.02 Å². The average Bonchev–Trinajstić information content (AvgIpc) is 2.94. The number of aryl methyl sites for hydroxylation is 1. The Morgan fingerprint density at radius 3 is 2.56 bits per heavy atom. The smallest absolute Gasteiger partial charge is 0.269 e. The minimum atomic E-state index is -0.510. The van der Waals surface area contributed by atoms with E-state index in [4.69, 9.17) is 17.3 Å². The molecule has 0 saturated heterocycles. The summed E-state index contributed by atoms with van der Waals surface area (Å²) in [7, 11) is 0. The van der Waals surface area contributed by atoms with Gasteiger partial charge in [-0.25, -0.2) is 9.37 Å². The van der Waals surface area contributed by atoms with Crippen molar-refractivity contribution in [3.8, 4) is 0 Å². The Bertz CT molecular complexity index is 927. The molecule has 0 spiro atoms. The van der Waals surface area contributed by atoms with Crippen LogP contribution in [-0.2, 0) is 0 Å². The van der Waals surface area contributed by atoms with Gasteiger partial charge in [-0.3, -0.25) is 4.79 Å². The molecule has 1 heterocycles. The van der Waals surface area contributed by atoms with Gasteiger partial charge in [-0.15, -0.1) is 0 Å². The minimum Gasteiger partial charge on any atom is -0.382 e. The number of nitrogen functional groups attached to an aromatic ring is 1. The van der Waals surface area contributed by atoms with Crippen LogP contribution in [0.15, 0.2) is 42.5 Å². The van der Waals surface area contributed by atoms with Crippen LogP contribution in [0, 0.1) is 12.7 Å². The Balaban J connectivity index is 1.76. The number of rotatable bonds is 4. The fourth-order valence-electron chi connectivity index (χ4n) is 2.07. The maximum absolute atomic E-state index is 13.2. The van der Waals surface area contributed by atoms with Crippen molar-refractivity contribution in [1.82, 2.24) is 4.98 Å². The molecule has 128 valence electrons. The van der Waals surface area contributed by atoms with Gasteiger partial charge in [0.15, 0.2) is 5.13 Å². The normalized spacial score (nSPS) is 10.5. The molecule has 8 heteroatoms. The van der Waals surface area contributed by atoms with Crippen molar-refractivity contribution in [2.24, 2.45) is 0 Å². The Hall–Kier alpha value is -2.64. The molecule has 3 aromatic rings. The van der Waals surface area contributed by atoms with E-state index in [1.54, 1.807) is 0 Å². The highest BCUT2D eigenvalue weighted by Crippen LogP contribution is 2.29. The maximum Gasteiger partial charge on any atom is 0.269 e. The van der Waals surface area contributed by atoms with Gasteiger partial charge in [0.1, 0.15) is 16.5 Å². The number of thiazole rings is 1. The number of nitrogens with two attached hydrogens (primary N) is 1. The number of aromatic nitrogens is 1. The monoisotopic (exact) mass is 376 g/mol. The molecular weight excluding hydrogens is 363 g/mol. The summed E-state index contributed by atoms with van der Waals surface area (Å²) in [6.45, 7) is 1.96. The van der Waals surface area contributed by atoms with E-state index in [0.717, 1.165) is 16.9 Å². The molecule has 3 rings (SSSR count). The molecule has 4 N–H and O–H groups in total. The van der Waals surface area contributed by atoms with Gasteiger partial charge in [-0.1, -0.05) is 40.6 Å². The highest BCUT2D eigenvalue weighted by atomic mass is 35.5. The second-order valence-corrected chi connectivity index (χ2v) is 6.71. The van der Waals surface area contributed by atoms with E-state index in [9.17, 15) is 9.18 Å². The van der Waals surface area contributed by atoms with Crippen LogP contribution >= 0.6 is 22.9 Å². The molecule has 2 aromatic carbocycles. The van der Waals surface area contributed by atoms with Crippen molar-refractivity contribution in [1.29, 1.82) is 0 Å². The predicted octanol–water partition coefficient (Wildman–Crippen LogP) is 4.82. The second-order valence-electron chi connectivity index (χ2n) is 5.31. The van der Waals surface area contributed by atoms with Crippen LogP contribution in [0.1, 0.15) is 15.2 Å². The van der Waals surface area contributed by atoms with Crippen LogP contribution in [-0.4, -0.2) is 10.9 Å². The first kappa shape index (κ1) is 17.2. The van der Waals surface area contributed by atoms with Gasteiger partial charge in [0.05, 0.1) is 5.02 Å². The number of carbonyl (C=O) groups excluding carboxylic acids is 1. The summed E-state index contributed by atoms with van der Waals surface area (Å²) in [4.78, 5) is 16.8. The fraction of sp³-hybridized carbons (Fsp3) is 0.0588. The molecular formula is C17H14ClFN4OS. The zero-order valence-electron chi connectivity index (χ0n) is 13.1. The molecule has 25 heavy (non-hydrogen) atoms. The van der Waals surface area contributed by atoms with E-state index in [-0.39, 0.29) is 21.6 Å². The maximum atomic E-state index is 13.2. The zero-order chi connectivity index (χ0) is 18.0. The summed E-state index contributed by atoms with van der Waals surface area (Å²) in [5.74, 6) is -0.738. The van der Waals surface area contributed by atoms with Crippen LogP contribution in [0.4, 0.5) is 26.7 Å². The van der Waals surface area contributed by atoms with Gasteiger partial charge in [-0.2, -0.15) is 0 Å². The van der Waals surface area contributed by atoms with E-state index in [0.29, 0.717) is 16.5 Å². The van der Waals surface area contributed by atoms with Crippen LogP contribution < -0.4 is 16.4 Å². The molecule has 0 radical (unpaired) electrons. The zero-order valence-corrected chi connectivity index (χ0v) is 14.7. The van der Waals surface area contributed by atoms with Gasteiger partial charge < -0.3 is 16.4 Å². The quantitative estimate of drug-likeness (QED) is 0.609. The summed E-state index contributed by atoms with van der Waals surface area (Å²) < 4.78 is 13.2. The van der Waals surface area contributed by atoms with E-state index in [2.05, 4.69) is 15.6 Å². The Kier molecular flexibility index (Phi) is 4.87. The highest BCUT2D eigenvalue weighted by Gasteiger charge is 2.17. The third-order valence-electron chi connectivity index (χ3n) is 3.34. The molecule has 0 aliphatic heterocycles. The summed E-state index contributed by atoms with van der Waals surface area (Å²) in [6.07, 6.45) is 0. The van der Waals surface area contributed by atoms with Crippen molar-refractivity contribution in [2.45, 2.75) is 6.92 Å². The average molecular weight is 377 g/mol. The predicted molar refractivity (Wildman–Crippen MR) is 100 cm³/mol. The van der Waals surface area contributed by atoms with E-state index in [1.165, 1.54) is 18.2 Å². The van der Waals surface area contributed by atoms with Crippen molar-refractivity contribution in [3.05, 3.63) is 63.7 Å². The van der Waals surface area contributed by atoms with Crippen LogP contribution in [0.5, 0.6) is 0 Å². The SMILES string of the molecule is Cc1ccc(NC(=O)c2sc(Nc3ccc(F)c(Cl)c3)nc2N)cc1. The molecule has 0 bridgehead atoms. The third-order valence-corrected chi connectivity index (χ3v) is 4.61. The molecule has 1 aromatic heterocycles. The van der Waals surface area contributed by atoms with Crippen molar-refractivity contribution < 1.29 is 9.18 Å². The lowest BCUT2D eigenvalue weighted by atomic mass is 10.2. The molecule has 0 saturated carbocycles. The summed E-state index contributed by atoms with van der Waals surface area (Å²) in [6, 6.07) is 11.6. The molecule has 1 amide bonds. The lowest BCUT2D eigenvalue weighted by Gasteiger charge is -2.04. The summed E-state index contributed by atoms with van der Waals surface area (Å²) >= 11 is 6.85. The second kappa shape index (κ2) is 7.08. The molecule has 0 atom stereocenters. The van der Waals surface area contributed by atoms with Crippen LogP contribution in [0.25, 0.3) is 0 Å². The fourth-order valence-corrected chi connectivity index (χ4v) is 3.05. The van der Waals surface area contributed by atoms with Crippen molar-refractivity contribution in [2.75, 3.05) is 16.4 Å². The molecule has 0 aliphatic rings. The first-order chi connectivity index (χ1) is 11.9. The lowest BCUT2D eigenvalue weighted by molar-refractivity contribution is 0.103. The first-order valence-corrected chi connectivity index (χ1v) is 8.48.